The summed E-state index contributed by atoms with van der Waals surface area (Å²) in [6.07, 6.45) is 0.963. The minimum Gasteiger partial charge on any atom is -0.368 e. The van der Waals surface area contributed by atoms with E-state index in [9.17, 15) is 0 Å². The molecule has 1 saturated heterocycles. The van der Waals surface area contributed by atoms with Crippen molar-refractivity contribution in [3.05, 3.63) is 35.2 Å². The second kappa shape index (κ2) is 5.93. The van der Waals surface area contributed by atoms with Crippen LogP contribution in [0.25, 0.3) is 5.69 Å². The van der Waals surface area contributed by atoms with Gasteiger partial charge in [0.2, 0.25) is 0 Å². The van der Waals surface area contributed by atoms with Gasteiger partial charge in [-0.1, -0.05) is 18.2 Å². The Bertz CT molecular complexity index is 715. The number of tetrazole rings is 1. The topological polar surface area (TPSA) is 64.9 Å². The summed E-state index contributed by atoms with van der Waals surface area (Å²) in [5.74, 6) is 0.813. The first kappa shape index (κ1) is 17.0. The predicted molar refractivity (Wildman–Crippen MR) is 93.1 cm³/mol. The van der Waals surface area contributed by atoms with E-state index in [1.54, 1.807) is 0 Å². The molecule has 6 heteroatoms. The highest BCUT2D eigenvalue weighted by Crippen LogP contribution is 2.37. The highest BCUT2D eigenvalue weighted by Gasteiger charge is 2.45. The van der Waals surface area contributed by atoms with Crippen molar-refractivity contribution >= 4 is 0 Å². The zero-order valence-electron chi connectivity index (χ0n) is 15.4. The van der Waals surface area contributed by atoms with Gasteiger partial charge in [-0.15, -0.1) is 5.10 Å². The molecule has 0 radical (unpaired) electrons. The third-order valence-corrected chi connectivity index (χ3v) is 4.77. The molecule has 2 heterocycles. The van der Waals surface area contributed by atoms with Gasteiger partial charge in [-0.25, -0.2) is 0 Å². The predicted octanol–water partition coefficient (Wildman–Crippen LogP) is 2.71. The monoisotopic (exact) mass is 329 g/mol. The molecule has 0 amide bonds. The number of aromatic nitrogens is 4. The van der Waals surface area contributed by atoms with E-state index in [4.69, 9.17) is 4.74 Å². The minimum absolute atomic E-state index is 0.111. The van der Waals surface area contributed by atoms with Crippen molar-refractivity contribution in [2.24, 2.45) is 0 Å². The first-order valence-corrected chi connectivity index (χ1v) is 8.47. The Balaban J connectivity index is 1.80. The van der Waals surface area contributed by atoms with Crippen molar-refractivity contribution in [2.45, 2.75) is 71.8 Å². The van der Waals surface area contributed by atoms with Crippen LogP contribution in [0.15, 0.2) is 18.2 Å². The average Bonchev–Trinajstić information content (AvgIpc) is 2.97. The van der Waals surface area contributed by atoms with Crippen LogP contribution in [0.5, 0.6) is 0 Å². The van der Waals surface area contributed by atoms with Crippen LogP contribution in [-0.4, -0.2) is 37.5 Å². The number of nitrogens with one attached hydrogen (secondary N) is 1. The number of rotatable bonds is 4. The molecule has 0 bridgehead atoms. The number of nitrogens with zero attached hydrogens (tertiary/aromatic N) is 4. The van der Waals surface area contributed by atoms with Gasteiger partial charge in [-0.2, -0.15) is 4.68 Å². The van der Waals surface area contributed by atoms with Crippen LogP contribution < -0.4 is 5.32 Å². The first-order chi connectivity index (χ1) is 11.2. The average molecular weight is 329 g/mol. The Morgan fingerprint density at radius 2 is 1.88 bits per heavy atom. The van der Waals surface area contributed by atoms with Gasteiger partial charge < -0.3 is 10.1 Å². The van der Waals surface area contributed by atoms with E-state index in [2.05, 4.69) is 80.6 Å². The zero-order chi connectivity index (χ0) is 17.5. The third kappa shape index (κ3) is 3.21. The van der Waals surface area contributed by atoms with E-state index in [0.717, 1.165) is 29.1 Å². The van der Waals surface area contributed by atoms with Gasteiger partial charge in [0.15, 0.2) is 5.82 Å². The molecule has 0 unspecified atom stereocenters. The Hall–Kier alpha value is -1.79. The Morgan fingerprint density at radius 1 is 1.21 bits per heavy atom. The lowest BCUT2D eigenvalue weighted by Gasteiger charge is -2.27. The van der Waals surface area contributed by atoms with E-state index >= 15 is 0 Å². The molecule has 24 heavy (non-hydrogen) atoms. The molecule has 6 nitrogen and oxygen atoms in total. The quantitative estimate of drug-likeness (QED) is 0.934. The van der Waals surface area contributed by atoms with E-state index < -0.39 is 0 Å². The molecule has 1 aliphatic rings. The number of hydrogen-bond acceptors (Lipinski definition) is 5. The smallest absolute Gasteiger partial charge is 0.170 e. The fraction of sp³-hybridized carbons (Fsp3) is 0.611. The summed E-state index contributed by atoms with van der Waals surface area (Å²) in [4.78, 5) is 0. The lowest BCUT2D eigenvalue weighted by Crippen LogP contribution is -2.43. The SMILES string of the molecule is Cc1cccc(C)c1-n1nnnc1CN[C@H]1CC(C)(C)OC1(C)C. The van der Waals surface area contributed by atoms with Gasteiger partial charge in [-0.3, -0.25) is 0 Å². The summed E-state index contributed by atoms with van der Waals surface area (Å²) in [7, 11) is 0. The molecule has 0 saturated carbocycles. The lowest BCUT2D eigenvalue weighted by molar-refractivity contribution is -0.0699. The second-order valence-electron chi connectivity index (χ2n) is 7.85. The number of ether oxygens (including phenoxy) is 1. The van der Waals surface area contributed by atoms with Crippen molar-refractivity contribution in [3.8, 4) is 5.69 Å². The molecule has 0 aliphatic carbocycles. The van der Waals surface area contributed by atoms with Crippen LogP contribution in [-0.2, 0) is 11.3 Å². The third-order valence-electron chi connectivity index (χ3n) is 4.77. The normalized spacial score (nSPS) is 22.0. The highest BCUT2D eigenvalue weighted by atomic mass is 16.5. The van der Waals surface area contributed by atoms with Crippen molar-refractivity contribution in [3.63, 3.8) is 0 Å². The molecule has 1 atom stereocenters. The van der Waals surface area contributed by atoms with Gasteiger partial charge >= 0.3 is 0 Å². The number of hydrogen-bond donors (Lipinski definition) is 1. The summed E-state index contributed by atoms with van der Waals surface area (Å²) >= 11 is 0. The fourth-order valence-corrected chi connectivity index (χ4v) is 3.72. The van der Waals surface area contributed by atoms with Crippen molar-refractivity contribution in [1.82, 2.24) is 25.5 Å². The Labute approximate surface area is 143 Å². The van der Waals surface area contributed by atoms with E-state index in [-0.39, 0.29) is 17.2 Å². The van der Waals surface area contributed by atoms with Gasteiger partial charge in [0.1, 0.15) is 0 Å². The second-order valence-corrected chi connectivity index (χ2v) is 7.85. The molecule has 1 fully saturated rings. The standard InChI is InChI=1S/C18H27N5O/c1-12-8-7-9-13(2)16(12)23-15(20-21-22-23)11-19-14-10-17(3,4)24-18(14,5)6/h7-9,14,19H,10-11H2,1-6H3/t14-/m0/s1. The summed E-state index contributed by atoms with van der Waals surface area (Å²) < 4.78 is 7.99. The van der Waals surface area contributed by atoms with Gasteiger partial charge in [0.25, 0.3) is 0 Å². The van der Waals surface area contributed by atoms with Crippen LogP contribution in [0.3, 0.4) is 0 Å². The Kier molecular flexibility index (Phi) is 4.21. The molecular weight excluding hydrogens is 302 g/mol. The largest absolute Gasteiger partial charge is 0.368 e. The van der Waals surface area contributed by atoms with Crippen molar-refractivity contribution < 1.29 is 4.74 Å². The van der Waals surface area contributed by atoms with Crippen LogP contribution in [0.2, 0.25) is 0 Å². The summed E-state index contributed by atoms with van der Waals surface area (Å²) in [5, 5.41) is 15.9. The summed E-state index contributed by atoms with van der Waals surface area (Å²) in [5.41, 5.74) is 3.06. The van der Waals surface area contributed by atoms with E-state index in [1.807, 2.05) is 4.68 Å². The molecule has 0 spiro atoms. The molecule has 1 aromatic heterocycles. The van der Waals surface area contributed by atoms with Gasteiger partial charge in [-0.05, 0) is 69.5 Å². The highest BCUT2D eigenvalue weighted by molar-refractivity contribution is 5.46. The van der Waals surface area contributed by atoms with Crippen LogP contribution in [0.1, 0.15) is 51.1 Å². The zero-order valence-corrected chi connectivity index (χ0v) is 15.4. The number of para-hydroxylation sites is 1. The molecule has 3 rings (SSSR count). The Morgan fingerprint density at radius 3 is 2.46 bits per heavy atom. The van der Waals surface area contributed by atoms with Crippen LogP contribution in [0, 0.1) is 13.8 Å². The van der Waals surface area contributed by atoms with E-state index in [0.29, 0.717) is 6.54 Å². The van der Waals surface area contributed by atoms with Crippen molar-refractivity contribution in [1.29, 1.82) is 0 Å². The maximum atomic E-state index is 6.15. The molecule has 1 aliphatic heterocycles. The fourth-order valence-electron chi connectivity index (χ4n) is 3.72. The number of benzene rings is 1. The van der Waals surface area contributed by atoms with Gasteiger partial charge in [0.05, 0.1) is 23.4 Å². The van der Waals surface area contributed by atoms with Crippen molar-refractivity contribution in [2.75, 3.05) is 0 Å². The lowest BCUT2D eigenvalue weighted by atomic mass is 9.94. The molecule has 1 N–H and O–H groups in total. The molecular formula is C18H27N5O. The van der Waals surface area contributed by atoms with Gasteiger partial charge in [0, 0.05) is 6.04 Å². The number of aryl methyl sites for hydroxylation is 2. The maximum absolute atomic E-state index is 6.15. The molecule has 1 aromatic carbocycles. The first-order valence-electron chi connectivity index (χ1n) is 8.47. The summed E-state index contributed by atoms with van der Waals surface area (Å²) in [6, 6.07) is 6.47. The molecule has 2 aromatic rings. The summed E-state index contributed by atoms with van der Waals surface area (Å²) in [6.45, 7) is 13.3. The molecule has 130 valence electrons. The maximum Gasteiger partial charge on any atom is 0.170 e. The van der Waals surface area contributed by atoms with Crippen LogP contribution >= 0.6 is 0 Å². The van der Waals surface area contributed by atoms with E-state index in [1.165, 1.54) is 0 Å². The minimum atomic E-state index is -0.208. The van der Waals surface area contributed by atoms with Crippen LogP contribution in [0.4, 0.5) is 0 Å².